The van der Waals surface area contributed by atoms with E-state index in [9.17, 15) is 13.2 Å². The highest BCUT2D eigenvalue weighted by Gasteiger charge is 2.28. The van der Waals surface area contributed by atoms with Crippen LogP contribution in [0.3, 0.4) is 0 Å². The number of amides is 1. The molecule has 2 heterocycles. The van der Waals surface area contributed by atoms with Gasteiger partial charge in [-0.15, -0.1) is 0 Å². The predicted molar refractivity (Wildman–Crippen MR) is 76.9 cm³/mol. The fraction of sp³-hybridized carbons (Fsp3) is 0.0833. The molecule has 3 rings (SSSR count). The van der Waals surface area contributed by atoms with Crippen LogP contribution in [-0.4, -0.2) is 30.0 Å². The summed E-state index contributed by atoms with van der Waals surface area (Å²) in [6, 6.07) is 6.18. The number of aromatic nitrogens is 2. The molecule has 1 aromatic carbocycles. The molecule has 21 heavy (non-hydrogen) atoms. The molecule has 4 N–H and O–H groups in total. The number of nitrogens with one attached hydrogen (secondary N) is 2. The van der Waals surface area contributed by atoms with Gasteiger partial charge in [-0.1, -0.05) is 0 Å². The maximum atomic E-state index is 11.9. The quantitative estimate of drug-likeness (QED) is 0.738. The zero-order valence-corrected chi connectivity index (χ0v) is 11.5. The average Bonchev–Trinajstić information content (AvgIpc) is 2.36. The first-order chi connectivity index (χ1) is 9.94. The summed E-state index contributed by atoms with van der Waals surface area (Å²) in [5.74, 6) is -0.498. The van der Waals surface area contributed by atoms with Gasteiger partial charge in [0.05, 0.1) is 10.6 Å². The smallest absolute Gasteiger partial charge is 0.239 e. The molecule has 0 fully saturated rings. The van der Waals surface area contributed by atoms with Crippen LogP contribution in [0.15, 0.2) is 35.4 Å². The molecule has 0 atom stereocenters. The third-order valence-corrected chi connectivity index (χ3v) is 4.52. The van der Waals surface area contributed by atoms with Crippen molar-refractivity contribution in [2.45, 2.75) is 4.90 Å². The van der Waals surface area contributed by atoms with Crippen molar-refractivity contribution >= 4 is 38.9 Å². The molecule has 2 aromatic rings. The minimum Gasteiger partial charge on any atom is -0.368 e. The zero-order chi connectivity index (χ0) is 15.0. The first kappa shape index (κ1) is 13.3. The van der Waals surface area contributed by atoms with Gasteiger partial charge in [-0.05, 0) is 24.3 Å². The van der Waals surface area contributed by atoms with Crippen molar-refractivity contribution in [1.82, 2.24) is 9.97 Å². The second kappa shape index (κ2) is 4.70. The summed E-state index contributed by atoms with van der Waals surface area (Å²) in [4.78, 5) is 19.3. The number of anilines is 4. The van der Waals surface area contributed by atoms with E-state index in [-0.39, 0.29) is 16.5 Å². The number of nitrogens with two attached hydrogens (primary N) is 1. The molecule has 1 aliphatic heterocycles. The summed E-state index contributed by atoms with van der Waals surface area (Å²) in [6.45, 7) is 0. The summed E-state index contributed by atoms with van der Waals surface area (Å²) in [5.41, 5.74) is 6.30. The van der Waals surface area contributed by atoms with Gasteiger partial charge in [0, 0.05) is 11.9 Å². The van der Waals surface area contributed by atoms with E-state index in [1.807, 2.05) is 0 Å². The minimum atomic E-state index is -3.57. The van der Waals surface area contributed by atoms with E-state index in [1.54, 1.807) is 12.1 Å². The Hall–Kier alpha value is -2.68. The van der Waals surface area contributed by atoms with Crippen molar-refractivity contribution in [3.63, 3.8) is 0 Å². The Morgan fingerprint density at radius 1 is 1.29 bits per heavy atom. The molecular formula is C12H11N5O3S. The van der Waals surface area contributed by atoms with Gasteiger partial charge in [-0.2, -0.15) is 4.98 Å². The number of carbonyl (C=O) groups excluding carboxylic acids is 1. The molecule has 1 aromatic heterocycles. The molecule has 1 aliphatic rings. The van der Waals surface area contributed by atoms with E-state index in [1.165, 1.54) is 18.3 Å². The van der Waals surface area contributed by atoms with Crippen molar-refractivity contribution in [2.75, 3.05) is 22.1 Å². The molecule has 0 saturated carbocycles. The van der Waals surface area contributed by atoms with E-state index in [2.05, 4.69) is 20.6 Å². The van der Waals surface area contributed by atoms with Gasteiger partial charge < -0.3 is 16.4 Å². The molecule has 0 spiro atoms. The predicted octanol–water partition coefficient (Wildman–Crippen LogP) is 0.528. The Bertz CT molecular complexity index is 835. The number of carbonyl (C=O) groups is 1. The lowest BCUT2D eigenvalue weighted by molar-refractivity contribution is -0.114. The Morgan fingerprint density at radius 3 is 2.86 bits per heavy atom. The normalized spacial score (nSPS) is 15.9. The van der Waals surface area contributed by atoms with Gasteiger partial charge in [0.1, 0.15) is 11.6 Å². The van der Waals surface area contributed by atoms with E-state index in [4.69, 9.17) is 5.73 Å². The zero-order valence-electron chi connectivity index (χ0n) is 10.7. The van der Waals surface area contributed by atoms with Crippen molar-refractivity contribution in [3.8, 4) is 0 Å². The Morgan fingerprint density at radius 2 is 2.10 bits per heavy atom. The molecule has 0 saturated heterocycles. The maximum Gasteiger partial charge on any atom is 0.239 e. The van der Waals surface area contributed by atoms with E-state index < -0.39 is 21.5 Å². The van der Waals surface area contributed by atoms with E-state index >= 15 is 0 Å². The number of sulfone groups is 1. The highest BCUT2D eigenvalue weighted by Crippen LogP contribution is 2.30. The summed E-state index contributed by atoms with van der Waals surface area (Å²) < 4.78 is 23.8. The fourth-order valence-electron chi connectivity index (χ4n) is 2.00. The number of hydrogen-bond acceptors (Lipinski definition) is 7. The molecule has 9 heteroatoms. The minimum absolute atomic E-state index is 0.106. The van der Waals surface area contributed by atoms with Gasteiger partial charge in [-0.3, -0.25) is 4.79 Å². The third kappa shape index (κ3) is 2.63. The number of nitrogen functional groups attached to an aromatic ring is 1. The van der Waals surface area contributed by atoms with Crippen LogP contribution in [-0.2, 0) is 14.6 Å². The topological polar surface area (TPSA) is 127 Å². The Kier molecular flexibility index (Phi) is 2.98. The molecule has 0 radical (unpaired) electrons. The summed E-state index contributed by atoms with van der Waals surface area (Å²) in [6.07, 6.45) is 1.50. The van der Waals surface area contributed by atoms with Crippen LogP contribution in [0.2, 0.25) is 0 Å². The lowest BCUT2D eigenvalue weighted by atomic mass is 10.2. The van der Waals surface area contributed by atoms with Crippen molar-refractivity contribution in [3.05, 3.63) is 30.5 Å². The molecule has 0 unspecified atom stereocenters. The van der Waals surface area contributed by atoms with Crippen molar-refractivity contribution < 1.29 is 13.2 Å². The van der Waals surface area contributed by atoms with Crippen molar-refractivity contribution in [1.29, 1.82) is 0 Å². The maximum absolute atomic E-state index is 11.9. The number of fused-ring (bicyclic) bond motifs is 1. The van der Waals surface area contributed by atoms with Crippen LogP contribution in [0.5, 0.6) is 0 Å². The highest BCUT2D eigenvalue weighted by molar-refractivity contribution is 7.92. The van der Waals surface area contributed by atoms with E-state index in [0.717, 1.165) is 0 Å². The summed E-state index contributed by atoms with van der Waals surface area (Å²) in [5, 5.41) is 5.50. The molecule has 0 bridgehead atoms. The lowest BCUT2D eigenvalue weighted by Gasteiger charge is -2.18. The second-order valence-corrected chi connectivity index (χ2v) is 6.40. The first-order valence-corrected chi connectivity index (χ1v) is 7.61. The van der Waals surface area contributed by atoms with Crippen LogP contribution in [0, 0.1) is 0 Å². The molecular weight excluding hydrogens is 294 g/mol. The number of hydrogen-bond donors (Lipinski definition) is 3. The van der Waals surface area contributed by atoms with E-state index in [0.29, 0.717) is 11.5 Å². The van der Waals surface area contributed by atoms with Crippen LogP contribution >= 0.6 is 0 Å². The molecule has 8 nitrogen and oxygen atoms in total. The number of rotatable bonds is 2. The highest BCUT2D eigenvalue weighted by atomic mass is 32.2. The summed E-state index contributed by atoms with van der Waals surface area (Å²) in [7, 11) is -3.57. The summed E-state index contributed by atoms with van der Waals surface area (Å²) >= 11 is 0. The largest absolute Gasteiger partial charge is 0.368 e. The van der Waals surface area contributed by atoms with Gasteiger partial charge in [0.15, 0.2) is 9.84 Å². The Balaban J connectivity index is 1.97. The van der Waals surface area contributed by atoms with Crippen LogP contribution in [0.1, 0.15) is 0 Å². The third-order valence-electron chi connectivity index (χ3n) is 2.86. The molecule has 108 valence electrons. The number of benzene rings is 1. The van der Waals surface area contributed by atoms with Gasteiger partial charge in [-0.25, -0.2) is 13.4 Å². The molecule has 1 amide bonds. The standard InChI is InChI=1S/C12H11N5O3S/c13-12-14-4-3-10(17-12)15-7-1-2-9-8(5-7)16-11(18)6-21(9,19)20/h1-5H,6H2,(H,16,18)(H3,13,14,15,17). The SMILES string of the molecule is Nc1nccc(Nc2ccc3c(c2)NC(=O)CS3(=O)=O)n1. The fourth-order valence-corrected chi connectivity index (χ4v) is 3.30. The van der Waals surface area contributed by atoms with Crippen LogP contribution in [0.25, 0.3) is 0 Å². The van der Waals surface area contributed by atoms with Crippen molar-refractivity contribution in [2.24, 2.45) is 0 Å². The number of nitrogens with zero attached hydrogens (tertiary/aromatic N) is 2. The first-order valence-electron chi connectivity index (χ1n) is 5.96. The Labute approximate surface area is 120 Å². The van der Waals surface area contributed by atoms with Crippen LogP contribution < -0.4 is 16.4 Å². The van der Waals surface area contributed by atoms with Crippen LogP contribution in [0.4, 0.5) is 23.1 Å². The second-order valence-electron chi connectivity index (χ2n) is 4.44. The van der Waals surface area contributed by atoms with Gasteiger partial charge in [0.25, 0.3) is 0 Å². The van der Waals surface area contributed by atoms with Gasteiger partial charge in [0.2, 0.25) is 11.9 Å². The van der Waals surface area contributed by atoms with Gasteiger partial charge >= 0.3 is 0 Å². The average molecular weight is 305 g/mol. The molecule has 0 aliphatic carbocycles. The lowest BCUT2D eigenvalue weighted by Crippen LogP contribution is -2.29. The monoisotopic (exact) mass is 305 g/mol.